The fourth-order valence-electron chi connectivity index (χ4n) is 2.83. The third kappa shape index (κ3) is 4.04. The molecule has 0 spiro atoms. The zero-order valence-corrected chi connectivity index (χ0v) is 12.9. The molecule has 4 heteroatoms. The Morgan fingerprint density at radius 2 is 2.00 bits per heavy atom. The predicted molar refractivity (Wildman–Crippen MR) is 82.6 cm³/mol. The fourth-order valence-corrected chi connectivity index (χ4v) is 4.92. The lowest BCUT2D eigenvalue weighted by Gasteiger charge is -2.33. The summed E-state index contributed by atoms with van der Waals surface area (Å²) in [4.78, 5) is 0. The van der Waals surface area contributed by atoms with Gasteiger partial charge in [-0.25, -0.2) is 0 Å². The van der Waals surface area contributed by atoms with Crippen molar-refractivity contribution in [3.63, 3.8) is 0 Å². The van der Waals surface area contributed by atoms with E-state index >= 15 is 0 Å². The third-order valence-electron chi connectivity index (χ3n) is 4.05. The maximum Gasteiger partial charge on any atom is 0.0488 e. The van der Waals surface area contributed by atoms with Crippen LogP contribution in [0.5, 0.6) is 0 Å². The average molecular weight is 300 g/mol. The van der Waals surface area contributed by atoms with Gasteiger partial charge in [0.05, 0.1) is 0 Å². The standard InChI is InChI=1S/C15H22ClNOS/c1-11-2-5-13(9-17)15(8-11)19(18)10-12-3-6-14(16)7-4-12/h3-4,6-7,11,13,15H,2,5,8-10,17H2,1H3. The van der Waals surface area contributed by atoms with Crippen LogP contribution in [0.4, 0.5) is 0 Å². The Labute approximate surface area is 123 Å². The molecular formula is C15H22ClNOS. The largest absolute Gasteiger partial charge is 0.330 e. The van der Waals surface area contributed by atoms with Crippen molar-refractivity contribution in [3.05, 3.63) is 34.9 Å². The highest BCUT2D eigenvalue weighted by atomic mass is 35.5. The van der Waals surface area contributed by atoms with Crippen molar-refractivity contribution in [1.82, 2.24) is 0 Å². The highest BCUT2D eigenvalue weighted by molar-refractivity contribution is 7.84. The molecule has 1 aliphatic carbocycles. The van der Waals surface area contributed by atoms with Crippen LogP contribution in [-0.2, 0) is 16.6 Å². The highest BCUT2D eigenvalue weighted by Gasteiger charge is 2.31. The minimum Gasteiger partial charge on any atom is -0.330 e. The minimum atomic E-state index is -0.838. The first-order valence-corrected chi connectivity index (χ1v) is 8.68. The summed E-state index contributed by atoms with van der Waals surface area (Å²) in [6.45, 7) is 2.91. The van der Waals surface area contributed by atoms with Gasteiger partial charge in [0.1, 0.15) is 0 Å². The maximum atomic E-state index is 12.6. The number of rotatable bonds is 4. The van der Waals surface area contributed by atoms with Gasteiger partial charge in [0, 0.05) is 26.8 Å². The van der Waals surface area contributed by atoms with Gasteiger partial charge in [-0.15, -0.1) is 0 Å². The second-order valence-electron chi connectivity index (χ2n) is 5.60. The van der Waals surface area contributed by atoms with Crippen LogP contribution in [0.3, 0.4) is 0 Å². The van der Waals surface area contributed by atoms with Crippen molar-refractivity contribution in [2.24, 2.45) is 17.6 Å². The number of halogens is 1. The Kier molecular flexibility index (Phi) is 5.43. The molecule has 0 heterocycles. The molecule has 2 nitrogen and oxygen atoms in total. The van der Waals surface area contributed by atoms with E-state index in [-0.39, 0.29) is 5.25 Å². The summed E-state index contributed by atoms with van der Waals surface area (Å²) in [5.74, 6) is 1.71. The van der Waals surface area contributed by atoms with Crippen molar-refractivity contribution in [1.29, 1.82) is 0 Å². The highest BCUT2D eigenvalue weighted by Crippen LogP contribution is 2.32. The van der Waals surface area contributed by atoms with Crippen LogP contribution < -0.4 is 5.73 Å². The maximum absolute atomic E-state index is 12.6. The minimum absolute atomic E-state index is 0.254. The summed E-state index contributed by atoms with van der Waals surface area (Å²) < 4.78 is 12.6. The molecule has 1 aromatic carbocycles. The molecule has 0 aliphatic heterocycles. The van der Waals surface area contributed by atoms with Gasteiger partial charge in [0.15, 0.2) is 0 Å². The third-order valence-corrected chi connectivity index (χ3v) is 6.18. The van der Waals surface area contributed by atoms with Gasteiger partial charge < -0.3 is 5.73 Å². The molecule has 4 atom stereocenters. The molecule has 1 saturated carbocycles. The smallest absolute Gasteiger partial charge is 0.0488 e. The summed E-state index contributed by atoms with van der Waals surface area (Å²) in [6, 6.07) is 7.64. The molecule has 0 aromatic heterocycles. The van der Waals surface area contributed by atoms with E-state index in [4.69, 9.17) is 17.3 Å². The van der Waals surface area contributed by atoms with Crippen LogP contribution in [0, 0.1) is 11.8 Å². The van der Waals surface area contributed by atoms with E-state index in [9.17, 15) is 4.21 Å². The Bertz CT molecular complexity index is 434. The molecule has 1 aliphatic rings. The Balaban J connectivity index is 2.03. The topological polar surface area (TPSA) is 43.1 Å². The molecule has 4 unspecified atom stereocenters. The number of hydrogen-bond acceptors (Lipinski definition) is 2. The van der Waals surface area contributed by atoms with Gasteiger partial charge in [-0.05, 0) is 48.9 Å². The molecule has 0 amide bonds. The van der Waals surface area contributed by atoms with Crippen LogP contribution >= 0.6 is 11.6 Å². The molecule has 1 aromatic rings. The number of nitrogens with two attached hydrogens (primary N) is 1. The van der Waals surface area contributed by atoms with E-state index in [1.165, 1.54) is 6.42 Å². The molecule has 106 valence electrons. The molecule has 0 saturated heterocycles. The SMILES string of the molecule is CC1CCC(CN)C(S(=O)Cc2ccc(Cl)cc2)C1. The van der Waals surface area contributed by atoms with E-state index in [1.54, 1.807) is 0 Å². The fraction of sp³-hybridized carbons (Fsp3) is 0.600. The van der Waals surface area contributed by atoms with E-state index in [1.807, 2.05) is 24.3 Å². The normalized spacial score (nSPS) is 29.1. The van der Waals surface area contributed by atoms with Crippen molar-refractivity contribution < 1.29 is 4.21 Å². The lowest BCUT2D eigenvalue weighted by atomic mass is 9.82. The molecule has 2 rings (SSSR count). The molecule has 1 fully saturated rings. The van der Waals surface area contributed by atoms with Crippen molar-refractivity contribution in [2.45, 2.75) is 37.2 Å². The van der Waals surface area contributed by atoms with E-state index < -0.39 is 10.8 Å². The van der Waals surface area contributed by atoms with Gasteiger partial charge in [0.2, 0.25) is 0 Å². The van der Waals surface area contributed by atoms with Crippen molar-refractivity contribution >= 4 is 22.4 Å². The van der Waals surface area contributed by atoms with Crippen molar-refractivity contribution in [2.75, 3.05) is 6.54 Å². The second-order valence-corrected chi connectivity index (χ2v) is 7.70. The Morgan fingerprint density at radius 3 is 2.63 bits per heavy atom. The van der Waals surface area contributed by atoms with Crippen LogP contribution in [0.1, 0.15) is 31.7 Å². The van der Waals surface area contributed by atoms with Crippen LogP contribution in [0.2, 0.25) is 5.02 Å². The second kappa shape index (κ2) is 6.87. The first-order valence-electron chi connectivity index (χ1n) is 6.92. The average Bonchev–Trinajstić information content (AvgIpc) is 2.41. The Morgan fingerprint density at radius 1 is 1.32 bits per heavy atom. The first-order chi connectivity index (χ1) is 9.10. The monoisotopic (exact) mass is 299 g/mol. The summed E-state index contributed by atoms with van der Waals surface area (Å²) in [5.41, 5.74) is 6.93. The Hall–Kier alpha value is -0.380. The number of hydrogen-bond donors (Lipinski definition) is 1. The molecule has 2 N–H and O–H groups in total. The molecular weight excluding hydrogens is 278 g/mol. The van der Waals surface area contributed by atoms with Crippen molar-refractivity contribution in [3.8, 4) is 0 Å². The summed E-state index contributed by atoms with van der Waals surface area (Å²) in [6.07, 6.45) is 3.38. The van der Waals surface area contributed by atoms with Gasteiger partial charge in [-0.3, -0.25) is 4.21 Å². The molecule has 0 bridgehead atoms. The molecule has 19 heavy (non-hydrogen) atoms. The van der Waals surface area contributed by atoms with Gasteiger partial charge >= 0.3 is 0 Å². The van der Waals surface area contributed by atoms with Gasteiger partial charge in [0.25, 0.3) is 0 Å². The zero-order chi connectivity index (χ0) is 13.8. The van der Waals surface area contributed by atoms with Crippen LogP contribution in [-0.4, -0.2) is 16.0 Å². The lowest BCUT2D eigenvalue weighted by molar-refractivity contribution is 0.302. The summed E-state index contributed by atoms with van der Waals surface area (Å²) >= 11 is 5.87. The summed E-state index contributed by atoms with van der Waals surface area (Å²) in [5, 5.41) is 0.977. The molecule has 0 radical (unpaired) electrons. The number of benzene rings is 1. The van der Waals surface area contributed by atoms with Gasteiger partial charge in [-0.2, -0.15) is 0 Å². The predicted octanol–water partition coefficient (Wildman–Crippen LogP) is 3.35. The first kappa shape index (κ1) is 15.0. The van der Waals surface area contributed by atoms with E-state index in [0.29, 0.717) is 24.1 Å². The summed E-state index contributed by atoms with van der Waals surface area (Å²) in [7, 11) is -0.838. The van der Waals surface area contributed by atoms with E-state index in [0.717, 1.165) is 23.4 Å². The van der Waals surface area contributed by atoms with Crippen LogP contribution in [0.15, 0.2) is 24.3 Å². The quantitative estimate of drug-likeness (QED) is 0.926. The lowest BCUT2D eigenvalue weighted by Crippen LogP contribution is -2.37. The van der Waals surface area contributed by atoms with Gasteiger partial charge in [-0.1, -0.05) is 37.1 Å². The zero-order valence-electron chi connectivity index (χ0n) is 11.3. The van der Waals surface area contributed by atoms with Crippen LogP contribution in [0.25, 0.3) is 0 Å². The van der Waals surface area contributed by atoms with E-state index in [2.05, 4.69) is 6.92 Å².